The number of benzene rings is 1. The molecule has 10 atom stereocenters. The Hall–Kier alpha value is -1.71. The van der Waals surface area contributed by atoms with Gasteiger partial charge in [0.05, 0.1) is 12.7 Å². The van der Waals surface area contributed by atoms with E-state index >= 15 is 0 Å². The maximum Gasteiger partial charge on any atom is 0.347 e. The summed E-state index contributed by atoms with van der Waals surface area (Å²) in [5, 5.41) is 0. The van der Waals surface area contributed by atoms with E-state index in [1.807, 2.05) is 38.1 Å². The van der Waals surface area contributed by atoms with Crippen LogP contribution in [0.2, 0.25) is 0 Å². The average molecular weight is 505 g/mol. The summed E-state index contributed by atoms with van der Waals surface area (Å²) in [7, 11) is 0. The van der Waals surface area contributed by atoms with Crippen molar-refractivity contribution in [2.24, 2.45) is 23.7 Å². The molecule has 0 aromatic heterocycles. The highest BCUT2D eigenvalue weighted by Gasteiger charge is 2.69. The minimum absolute atomic E-state index is 0.112. The van der Waals surface area contributed by atoms with Crippen molar-refractivity contribution in [2.75, 3.05) is 6.61 Å². The van der Waals surface area contributed by atoms with Gasteiger partial charge >= 0.3 is 5.97 Å². The monoisotopic (exact) mass is 504 g/mol. The number of hydrogen-bond acceptors (Lipinski definition) is 8. The van der Waals surface area contributed by atoms with Crippen LogP contribution in [0, 0.1) is 23.7 Å². The van der Waals surface area contributed by atoms with E-state index in [2.05, 4.69) is 13.8 Å². The Morgan fingerprint density at radius 1 is 1.08 bits per heavy atom. The summed E-state index contributed by atoms with van der Waals surface area (Å²) < 4.78 is 30.2. The van der Waals surface area contributed by atoms with E-state index in [1.54, 1.807) is 13.8 Å². The number of esters is 1. The van der Waals surface area contributed by atoms with Gasteiger partial charge in [0.1, 0.15) is 5.75 Å². The van der Waals surface area contributed by atoms with E-state index in [0.29, 0.717) is 24.2 Å². The van der Waals surface area contributed by atoms with E-state index in [0.717, 1.165) is 31.2 Å². The van der Waals surface area contributed by atoms with E-state index in [4.69, 9.17) is 33.5 Å². The molecule has 4 unspecified atom stereocenters. The van der Waals surface area contributed by atoms with Crippen LogP contribution < -0.4 is 4.74 Å². The highest BCUT2D eigenvalue weighted by molar-refractivity contribution is 5.74. The molecule has 5 fully saturated rings. The molecule has 8 nitrogen and oxygen atoms in total. The quantitative estimate of drug-likeness (QED) is 0.365. The lowest BCUT2D eigenvalue weighted by molar-refractivity contribution is -0.578. The third-order valence-corrected chi connectivity index (χ3v) is 8.72. The first-order chi connectivity index (χ1) is 17.2. The molecule has 4 heterocycles. The molecule has 0 N–H and O–H groups in total. The van der Waals surface area contributed by atoms with Crippen molar-refractivity contribution in [2.45, 2.75) is 103 Å². The first kappa shape index (κ1) is 25.9. The first-order valence-electron chi connectivity index (χ1n) is 13.5. The van der Waals surface area contributed by atoms with Gasteiger partial charge in [-0.2, -0.15) is 0 Å². The second kappa shape index (κ2) is 9.87. The molecule has 36 heavy (non-hydrogen) atoms. The molecule has 200 valence electrons. The zero-order valence-electron chi connectivity index (χ0n) is 22.2. The van der Waals surface area contributed by atoms with Crippen molar-refractivity contribution >= 4 is 5.97 Å². The van der Waals surface area contributed by atoms with Gasteiger partial charge in [-0.3, -0.25) is 0 Å². The number of carbonyl (C=O) groups is 1. The predicted molar refractivity (Wildman–Crippen MR) is 129 cm³/mol. The van der Waals surface area contributed by atoms with Crippen LogP contribution in [0.25, 0.3) is 0 Å². The summed E-state index contributed by atoms with van der Waals surface area (Å²) >= 11 is 0. The second-order valence-electron chi connectivity index (χ2n) is 11.1. The maximum atomic E-state index is 11.8. The van der Waals surface area contributed by atoms with Crippen molar-refractivity contribution in [1.29, 1.82) is 0 Å². The number of ether oxygens (including phenoxy) is 5. The molecule has 1 aliphatic carbocycles. The third kappa shape index (κ3) is 4.45. The molecule has 0 amide bonds. The van der Waals surface area contributed by atoms with Crippen LogP contribution in [-0.4, -0.2) is 42.6 Å². The zero-order valence-corrected chi connectivity index (χ0v) is 22.2. The van der Waals surface area contributed by atoms with Crippen molar-refractivity contribution in [1.82, 2.24) is 0 Å². The van der Waals surface area contributed by atoms with Gasteiger partial charge in [-0.1, -0.05) is 26.0 Å². The summed E-state index contributed by atoms with van der Waals surface area (Å²) in [5.41, 5.74) is 0.400. The van der Waals surface area contributed by atoms with Crippen molar-refractivity contribution in [3.63, 3.8) is 0 Å². The molecule has 2 bridgehead atoms. The highest BCUT2D eigenvalue weighted by atomic mass is 17.3. The minimum Gasteiger partial charge on any atom is -0.479 e. The fourth-order valence-electron chi connectivity index (χ4n) is 6.64. The minimum atomic E-state index is -0.801. The molecule has 0 radical (unpaired) electrons. The lowest BCUT2D eigenvalue weighted by Gasteiger charge is -2.60. The Balaban J connectivity index is 1.29. The number of carbonyl (C=O) groups excluding carboxylic acids is 1. The molecule has 6 rings (SSSR count). The van der Waals surface area contributed by atoms with Gasteiger partial charge in [-0.05, 0) is 76.5 Å². The van der Waals surface area contributed by atoms with E-state index < -0.39 is 30.1 Å². The summed E-state index contributed by atoms with van der Waals surface area (Å²) in [6, 6.07) is 7.59. The molecule has 1 saturated carbocycles. The number of hydrogen-bond donors (Lipinski definition) is 0. The largest absolute Gasteiger partial charge is 0.479 e. The van der Waals surface area contributed by atoms with Gasteiger partial charge in [0.25, 0.3) is 0 Å². The summed E-state index contributed by atoms with van der Waals surface area (Å²) in [4.78, 5) is 24.0. The van der Waals surface area contributed by atoms with Gasteiger partial charge in [0.15, 0.2) is 24.3 Å². The lowest BCUT2D eigenvalue weighted by atomic mass is 9.58. The Morgan fingerprint density at radius 3 is 2.56 bits per heavy atom. The van der Waals surface area contributed by atoms with Gasteiger partial charge < -0.3 is 23.7 Å². The van der Waals surface area contributed by atoms with Crippen LogP contribution in [0.3, 0.4) is 0 Å². The van der Waals surface area contributed by atoms with Crippen LogP contribution >= 0.6 is 0 Å². The van der Waals surface area contributed by atoms with Crippen molar-refractivity contribution < 1.29 is 38.3 Å². The summed E-state index contributed by atoms with van der Waals surface area (Å²) in [5.74, 6) is 0.610. The van der Waals surface area contributed by atoms with Gasteiger partial charge in [0, 0.05) is 18.3 Å². The predicted octanol–water partition coefficient (Wildman–Crippen LogP) is 5.30. The van der Waals surface area contributed by atoms with Gasteiger partial charge in [0.2, 0.25) is 5.79 Å². The molecular weight excluding hydrogens is 464 g/mol. The average Bonchev–Trinajstić information content (AvgIpc) is 3.08. The van der Waals surface area contributed by atoms with Crippen molar-refractivity contribution in [3.8, 4) is 5.75 Å². The molecule has 8 heteroatoms. The van der Waals surface area contributed by atoms with Crippen LogP contribution in [-0.2, 0) is 33.5 Å². The molecule has 1 spiro atoms. The summed E-state index contributed by atoms with van der Waals surface area (Å²) in [6.45, 7) is 12.2. The van der Waals surface area contributed by atoms with Crippen LogP contribution in [0.1, 0.15) is 78.9 Å². The Bertz CT molecular complexity index is 936. The van der Waals surface area contributed by atoms with E-state index in [-0.39, 0.29) is 23.9 Å². The van der Waals surface area contributed by atoms with Gasteiger partial charge in [-0.25, -0.2) is 14.6 Å². The lowest BCUT2D eigenvalue weighted by Crippen LogP contribution is -2.70. The van der Waals surface area contributed by atoms with Crippen LogP contribution in [0.4, 0.5) is 0 Å². The summed E-state index contributed by atoms with van der Waals surface area (Å²) in [6.07, 6.45) is 2.15. The Morgan fingerprint density at radius 2 is 1.83 bits per heavy atom. The topological polar surface area (TPSA) is 81.7 Å². The molecule has 5 aliphatic rings. The SMILES string of the molecule is CCOC(=O)C(C)Oc1ccc(C(C)O[C@H]2O[C@@H]3O[C@]4(C)CCC5[C@H](C)CCC([C@H]2C)[C@]53OO4)cc1. The first-order valence-corrected chi connectivity index (χ1v) is 13.5. The van der Waals surface area contributed by atoms with E-state index in [9.17, 15) is 4.79 Å². The molecule has 1 aromatic rings. The number of rotatable bonds is 7. The second-order valence-corrected chi connectivity index (χ2v) is 11.1. The third-order valence-electron chi connectivity index (χ3n) is 8.72. The molecular formula is C28H40O8. The highest BCUT2D eigenvalue weighted by Crippen LogP contribution is 2.60. The van der Waals surface area contributed by atoms with E-state index in [1.165, 1.54) is 0 Å². The maximum absolute atomic E-state index is 11.8. The number of fused-ring (bicyclic) bond motifs is 2. The van der Waals surface area contributed by atoms with Crippen molar-refractivity contribution in [3.05, 3.63) is 29.8 Å². The normalized spacial score (nSPS) is 41.1. The van der Waals surface area contributed by atoms with Gasteiger partial charge in [-0.15, -0.1) is 0 Å². The fourth-order valence-corrected chi connectivity index (χ4v) is 6.64. The molecule has 4 aliphatic heterocycles. The standard InChI is InChI=1S/C28H40O8/c1-7-30-24(29)19(5)31-21-11-9-20(10-12-21)18(4)32-25-17(3)23-13-8-16(2)22-14-15-27(6)34-26(33-25)28(22,23)36-35-27/h9-12,16-19,22-23,25-26H,7-8,13-15H2,1-6H3/t16-,17-,18?,19?,22?,23?,25+,26-,27+,28-/m1/s1. The molecule has 1 aromatic carbocycles. The smallest absolute Gasteiger partial charge is 0.347 e. The van der Waals surface area contributed by atoms with Crippen LogP contribution in [0.5, 0.6) is 5.75 Å². The zero-order chi connectivity index (χ0) is 25.7. The Labute approximate surface area is 213 Å². The van der Waals surface area contributed by atoms with Crippen LogP contribution in [0.15, 0.2) is 24.3 Å². The molecule has 4 saturated heterocycles. The fraction of sp³-hybridized carbons (Fsp3) is 0.750. The Kier molecular flexibility index (Phi) is 7.11.